The Bertz CT molecular complexity index is 914. The van der Waals surface area contributed by atoms with E-state index in [9.17, 15) is 4.79 Å². The Morgan fingerprint density at radius 3 is 2.74 bits per heavy atom. The van der Waals surface area contributed by atoms with Crippen molar-refractivity contribution in [1.29, 1.82) is 0 Å². The van der Waals surface area contributed by atoms with Crippen LogP contribution in [0.25, 0.3) is 0 Å². The maximum atomic E-state index is 10.7. The molecule has 0 radical (unpaired) electrons. The van der Waals surface area contributed by atoms with Crippen LogP contribution in [0, 0.1) is 5.92 Å². The summed E-state index contributed by atoms with van der Waals surface area (Å²) in [6.07, 6.45) is 9.90. The molecule has 1 unspecified atom stereocenters. The normalized spacial score (nSPS) is 19.9. The Morgan fingerprint density at radius 2 is 1.97 bits per heavy atom. The molecule has 4 heteroatoms. The zero-order valence-corrected chi connectivity index (χ0v) is 18.6. The smallest absolute Gasteiger partial charge is 0.303 e. The van der Waals surface area contributed by atoms with Gasteiger partial charge in [-0.3, -0.25) is 4.79 Å². The highest BCUT2D eigenvalue weighted by molar-refractivity contribution is 5.67. The average molecular weight is 420 g/mol. The Kier molecular flexibility index (Phi) is 8.34. The second-order valence-corrected chi connectivity index (χ2v) is 8.37. The van der Waals surface area contributed by atoms with Gasteiger partial charge in [0.2, 0.25) is 0 Å². The summed E-state index contributed by atoms with van der Waals surface area (Å²) >= 11 is 0. The highest BCUT2D eigenvalue weighted by Gasteiger charge is 2.09. The maximum absolute atomic E-state index is 10.7. The summed E-state index contributed by atoms with van der Waals surface area (Å²) in [5.41, 5.74) is 4.71. The molecule has 0 spiro atoms. The van der Waals surface area contributed by atoms with Crippen LogP contribution in [-0.2, 0) is 17.8 Å². The summed E-state index contributed by atoms with van der Waals surface area (Å²) in [7, 11) is 0. The van der Waals surface area contributed by atoms with Gasteiger partial charge in [-0.2, -0.15) is 0 Å². The van der Waals surface area contributed by atoms with Gasteiger partial charge in [-0.25, -0.2) is 0 Å². The number of hydrogen-bond acceptors (Lipinski definition) is 3. The van der Waals surface area contributed by atoms with Crippen LogP contribution in [0.4, 0.5) is 5.69 Å². The summed E-state index contributed by atoms with van der Waals surface area (Å²) in [6.45, 7) is 6.92. The van der Waals surface area contributed by atoms with Crippen LogP contribution in [0.2, 0.25) is 0 Å². The van der Waals surface area contributed by atoms with Crippen molar-refractivity contribution in [2.24, 2.45) is 5.92 Å². The van der Waals surface area contributed by atoms with Gasteiger partial charge in [0, 0.05) is 25.2 Å². The first kappa shape index (κ1) is 22.7. The molecule has 0 aliphatic carbocycles. The number of hydrogen-bond donors (Lipinski definition) is 1. The second-order valence-electron chi connectivity index (χ2n) is 8.37. The third kappa shape index (κ3) is 7.63. The third-order valence-electron chi connectivity index (χ3n) is 5.57. The summed E-state index contributed by atoms with van der Waals surface area (Å²) in [5, 5.41) is 8.80. The molecule has 164 valence electrons. The monoisotopic (exact) mass is 419 g/mol. The molecule has 0 bridgehead atoms. The molecule has 3 rings (SSSR count). The molecule has 2 aromatic rings. The molecule has 1 atom stereocenters. The first-order valence-corrected chi connectivity index (χ1v) is 11.1. The molecule has 31 heavy (non-hydrogen) atoms. The number of carbonyl (C=O) groups is 1. The van der Waals surface area contributed by atoms with Crippen molar-refractivity contribution in [3.63, 3.8) is 0 Å². The highest BCUT2D eigenvalue weighted by atomic mass is 16.5. The van der Waals surface area contributed by atoms with Crippen LogP contribution in [0.1, 0.15) is 44.2 Å². The molecule has 0 saturated heterocycles. The molecule has 1 N–H and O–H groups in total. The van der Waals surface area contributed by atoms with Crippen molar-refractivity contribution in [2.75, 3.05) is 18.0 Å². The minimum atomic E-state index is -0.775. The number of anilines is 1. The van der Waals surface area contributed by atoms with E-state index in [-0.39, 0.29) is 6.42 Å². The molecule has 1 heterocycles. The molecule has 0 amide bonds. The quantitative estimate of drug-likeness (QED) is 0.596. The van der Waals surface area contributed by atoms with Crippen molar-refractivity contribution in [1.82, 2.24) is 0 Å². The first-order chi connectivity index (χ1) is 15.0. The summed E-state index contributed by atoms with van der Waals surface area (Å²) < 4.78 is 5.97. The number of allylic oxidation sites excluding steroid dienone is 3. The minimum Gasteiger partial charge on any atom is -0.489 e. The van der Waals surface area contributed by atoms with Crippen molar-refractivity contribution in [3.05, 3.63) is 83.5 Å². The van der Waals surface area contributed by atoms with E-state index >= 15 is 0 Å². The summed E-state index contributed by atoms with van der Waals surface area (Å²) in [6, 6.07) is 16.3. The topological polar surface area (TPSA) is 49.8 Å². The zero-order valence-electron chi connectivity index (χ0n) is 18.6. The lowest BCUT2D eigenvalue weighted by atomic mass is 10.0. The van der Waals surface area contributed by atoms with Gasteiger partial charge in [-0.15, -0.1) is 0 Å². The first-order valence-electron chi connectivity index (χ1n) is 11.1. The van der Waals surface area contributed by atoms with E-state index in [0.29, 0.717) is 18.9 Å². The lowest BCUT2D eigenvalue weighted by Crippen LogP contribution is -2.25. The molecule has 0 fully saturated rings. The van der Waals surface area contributed by atoms with E-state index in [1.807, 2.05) is 24.3 Å². The largest absolute Gasteiger partial charge is 0.489 e. The Hall–Kier alpha value is -3.01. The molecule has 4 nitrogen and oxygen atoms in total. The van der Waals surface area contributed by atoms with Crippen LogP contribution < -0.4 is 9.64 Å². The van der Waals surface area contributed by atoms with Crippen LogP contribution in [0.5, 0.6) is 5.75 Å². The molecule has 1 aliphatic heterocycles. The number of carboxylic acid groups (broad SMARTS) is 1. The fourth-order valence-electron chi connectivity index (χ4n) is 3.90. The number of aliphatic carboxylic acids is 1. The van der Waals surface area contributed by atoms with E-state index in [4.69, 9.17) is 9.84 Å². The lowest BCUT2D eigenvalue weighted by Gasteiger charge is -2.25. The van der Waals surface area contributed by atoms with Gasteiger partial charge in [0.15, 0.2) is 0 Å². The fourth-order valence-corrected chi connectivity index (χ4v) is 3.90. The van der Waals surface area contributed by atoms with E-state index in [1.54, 1.807) is 0 Å². The van der Waals surface area contributed by atoms with E-state index in [0.717, 1.165) is 30.0 Å². The summed E-state index contributed by atoms with van der Waals surface area (Å²) in [4.78, 5) is 13.1. The predicted molar refractivity (Wildman–Crippen MR) is 127 cm³/mol. The van der Waals surface area contributed by atoms with E-state index < -0.39 is 5.97 Å². The molecule has 1 aliphatic rings. The van der Waals surface area contributed by atoms with Crippen molar-refractivity contribution < 1.29 is 14.6 Å². The van der Waals surface area contributed by atoms with Gasteiger partial charge >= 0.3 is 5.97 Å². The van der Waals surface area contributed by atoms with Crippen LogP contribution >= 0.6 is 0 Å². The van der Waals surface area contributed by atoms with E-state index in [1.165, 1.54) is 24.1 Å². The van der Waals surface area contributed by atoms with Gasteiger partial charge in [0.25, 0.3) is 0 Å². The number of benzene rings is 2. The number of rotatable bonds is 7. The minimum absolute atomic E-state index is 0.146. The molecule has 2 aromatic carbocycles. The van der Waals surface area contributed by atoms with E-state index in [2.05, 4.69) is 61.2 Å². The second kappa shape index (κ2) is 11.4. The Balaban J connectivity index is 1.60. The standard InChI is InChI=1S/C27H33NO3/c1-21-6-4-16-28(17-5-7-22(2)18-21)25-9-3-8-24(19-25)20-31-26-13-10-23(11-14-26)12-15-27(29)30/h3-4,6,8-11,13-14,18-19,22H,5,7,12,15-17,20H2,1-2H3,(H,29,30)/b6-4-,21-18-. The fraction of sp³-hybridized carbons (Fsp3) is 0.370. The number of ether oxygens (including phenoxy) is 1. The van der Waals surface area contributed by atoms with Crippen LogP contribution in [0.15, 0.2) is 72.3 Å². The molecule has 0 aromatic heterocycles. The summed E-state index contributed by atoms with van der Waals surface area (Å²) in [5.74, 6) is 0.630. The van der Waals surface area contributed by atoms with Gasteiger partial charge in [0.05, 0.1) is 0 Å². The van der Waals surface area contributed by atoms with Crippen molar-refractivity contribution >= 4 is 11.7 Å². The predicted octanol–water partition coefficient (Wildman–Crippen LogP) is 6.02. The molecular weight excluding hydrogens is 386 g/mol. The van der Waals surface area contributed by atoms with Crippen LogP contribution in [0.3, 0.4) is 0 Å². The average Bonchev–Trinajstić information content (AvgIpc) is 2.76. The molecular formula is C27H33NO3. The highest BCUT2D eigenvalue weighted by Crippen LogP contribution is 2.21. The van der Waals surface area contributed by atoms with Gasteiger partial charge in [-0.05, 0) is 67.5 Å². The van der Waals surface area contributed by atoms with Gasteiger partial charge < -0.3 is 14.7 Å². The van der Waals surface area contributed by atoms with Crippen molar-refractivity contribution in [3.8, 4) is 5.75 Å². The number of nitrogens with zero attached hydrogens (tertiary/aromatic N) is 1. The van der Waals surface area contributed by atoms with Crippen molar-refractivity contribution in [2.45, 2.75) is 46.1 Å². The SMILES string of the molecule is CC1=C/C(C)CCCN(c2cccc(COc3ccc(CCC(=O)O)cc3)c2)C/C=C\1. The number of aryl methyl sites for hydroxylation is 1. The zero-order chi connectivity index (χ0) is 22.1. The Morgan fingerprint density at radius 1 is 1.16 bits per heavy atom. The number of carboxylic acids is 1. The third-order valence-corrected chi connectivity index (χ3v) is 5.57. The Labute approximate surface area is 185 Å². The van der Waals surface area contributed by atoms with Gasteiger partial charge in [-0.1, -0.05) is 55.0 Å². The lowest BCUT2D eigenvalue weighted by molar-refractivity contribution is -0.136. The maximum Gasteiger partial charge on any atom is 0.303 e. The molecule has 0 saturated carbocycles. The van der Waals surface area contributed by atoms with Crippen LogP contribution in [-0.4, -0.2) is 24.2 Å². The van der Waals surface area contributed by atoms with Gasteiger partial charge in [0.1, 0.15) is 12.4 Å².